The summed E-state index contributed by atoms with van der Waals surface area (Å²) < 4.78 is 0. The molecule has 0 aromatic carbocycles. The van der Waals surface area contributed by atoms with Gasteiger partial charge in [-0.1, -0.05) is 75.1 Å². The van der Waals surface area contributed by atoms with Gasteiger partial charge in [0.25, 0.3) is 28.3 Å². The third kappa shape index (κ3) is 22.7. The van der Waals surface area contributed by atoms with Crippen LogP contribution in [-0.2, 0) is 0 Å². The molecule has 0 rings (SSSR count). The lowest BCUT2D eigenvalue weighted by molar-refractivity contribution is 0.659. The van der Waals surface area contributed by atoms with Crippen molar-refractivity contribution in [2.24, 2.45) is 17.8 Å². The third-order valence-electron chi connectivity index (χ3n) is 2.41. The van der Waals surface area contributed by atoms with Crippen LogP contribution in [0.1, 0.15) is 41.5 Å². The van der Waals surface area contributed by atoms with Crippen LogP contribution in [0.3, 0.4) is 0 Å². The van der Waals surface area contributed by atoms with Crippen molar-refractivity contribution in [3.05, 3.63) is 0 Å². The van der Waals surface area contributed by atoms with E-state index in [1.54, 1.807) is 15.8 Å². The zero-order chi connectivity index (χ0) is 14.0. The Balaban J connectivity index is 0. The van der Waals surface area contributed by atoms with Crippen LogP contribution in [0, 0.1) is 17.8 Å². The molecular weight excluding hydrogens is 234 g/mol. The lowest BCUT2D eigenvalue weighted by Crippen LogP contribution is -2.19. The van der Waals surface area contributed by atoms with E-state index in [0.717, 1.165) is 17.8 Å². The minimum absolute atomic E-state index is 0.139. The van der Waals surface area contributed by atoms with Crippen molar-refractivity contribution in [1.29, 1.82) is 0 Å². The molecule has 0 heterocycles. The van der Waals surface area contributed by atoms with Crippen molar-refractivity contribution in [2.75, 3.05) is 0 Å². The Kier molecular flexibility index (Phi) is 14.5. The van der Waals surface area contributed by atoms with Crippen molar-refractivity contribution in [2.45, 2.75) is 74.7 Å². The van der Waals surface area contributed by atoms with Crippen LogP contribution < -0.4 is 0 Å². The maximum absolute atomic E-state index is 2.38. The molecule has 0 radical (unpaired) electrons. The Bertz CT molecular complexity index is 124. The van der Waals surface area contributed by atoms with Crippen LogP contribution >= 0.6 is 0 Å². The lowest BCUT2D eigenvalue weighted by Gasteiger charge is -2.17. The first-order valence-corrected chi connectivity index (χ1v) is 13.6. The highest BCUT2D eigenvalue weighted by atomic mass is 27.2. The highest BCUT2D eigenvalue weighted by Crippen LogP contribution is 2.20. The van der Waals surface area contributed by atoms with E-state index in [9.17, 15) is 0 Å². The largest absolute Gasteiger partial charge is 0.262 e. The second-order valence-corrected chi connectivity index (χ2v) is 14.1. The molecule has 102 valence electrons. The van der Waals surface area contributed by atoms with E-state index in [4.69, 9.17) is 0 Å². The van der Waals surface area contributed by atoms with Crippen molar-refractivity contribution in [3.63, 3.8) is 0 Å². The van der Waals surface area contributed by atoms with Crippen LogP contribution in [0.4, 0.5) is 0 Å². The summed E-state index contributed by atoms with van der Waals surface area (Å²) in [7, 11) is 0. The summed E-state index contributed by atoms with van der Waals surface area (Å²) in [6.45, 7) is 14.3. The summed E-state index contributed by atoms with van der Waals surface area (Å²) in [6.07, 6.45) is 0. The van der Waals surface area contributed by atoms with E-state index < -0.39 is 14.1 Å². The molecule has 17 heavy (non-hydrogen) atoms. The van der Waals surface area contributed by atoms with E-state index >= 15 is 0 Å². The molecule has 0 aliphatic rings. The maximum Gasteiger partial charge on any atom is 0.262 e. The van der Waals surface area contributed by atoms with Crippen LogP contribution in [0.25, 0.3) is 0 Å². The summed E-state index contributed by atoms with van der Waals surface area (Å²) in [5.41, 5.74) is 0. The Morgan fingerprint density at radius 1 is 0.588 bits per heavy atom. The van der Waals surface area contributed by atoms with Crippen LogP contribution in [0.2, 0.25) is 33.2 Å². The summed E-state index contributed by atoms with van der Waals surface area (Å²) in [6, 6.07) is 0. The van der Waals surface area contributed by atoms with Gasteiger partial charge in [-0.25, -0.2) is 0 Å². The quantitative estimate of drug-likeness (QED) is 0.533. The summed E-state index contributed by atoms with van der Waals surface area (Å²) >= 11 is -0.546. The Morgan fingerprint density at radius 2 is 0.765 bits per heavy atom. The van der Waals surface area contributed by atoms with Gasteiger partial charge in [0.1, 0.15) is 0 Å². The first-order chi connectivity index (χ1) is 7.65. The van der Waals surface area contributed by atoms with Crippen molar-refractivity contribution >= 4 is 28.3 Å². The molecule has 0 fully saturated rings. The second kappa shape index (κ2) is 12.1. The normalized spacial score (nSPS) is 10.6. The van der Waals surface area contributed by atoms with Gasteiger partial charge in [0, 0.05) is 0 Å². The summed E-state index contributed by atoms with van der Waals surface area (Å²) in [4.78, 5) is 0. The van der Waals surface area contributed by atoms with Crippen LogP contribution in [0.5, 0.6) is 0 Å². The molecule has 0 aliphatic carbocycles. The molecule has 0 saturated carbocycles. The van der Waals surface area contributed by atoms with Crippen LogP contribution in [0.15, 0.2) is 0 Å². The third-order valence-corrected chi connectivity index (χ3v) is 7.24. The van der Waals surface area contributed by atoms with Crippen molar-refractivity contribution in [1.82, 2.24) is 0 Å². The van der Waals surface area contributed by atoms with Gasteiger partial charge in [0.15, 0.2) is 0 Å². The standard InChI is InChI=1S/3C4H9.3CH3.2Al/c3*1-4(2)3;;;;;/h3*4H,1H2,2-3H3;3*1H3;;. The number of hydrogen-bond acceptors (Lipinski definition) is 0. The molecule has 0 spiro atoms. The van der Waals surface area contributed by atoms with E-state index in [-0.39, 0.29) is 14.1 Å². The van der Waals surface area contributed by atoms with Gasteiger partial charge in [0.2, 0.25) is 0 Å². The lowest BCUT2D eigenvalue weighted by atomic mass is 10.2. The van der Waals surface area contributed by atoms with Gasteiger partial charge in [-0.05, 0) is 0 Å². The Morgan fingerprint density at radius 3 is 0.882 bits per heavy atom. The zero-order valence-corrected chi connectivity index (χ0v) is 16.3. The van der Waals surface area contributed by atoms with Crippen molar-refractivity contribution in [3.8, 4) is 0 Å². The number of hydrogen-bond donors (Lipinski definition) is 0. The van der Waals surface area contributed by atoms with Gasteiger partial charge in [0.05, 0.1) is 0 Å². The van der Waals surface area contributed by atoms with E-state index in [1.807, 2.05) is 0 Å². The highest BCUT2D eigenvalue weighted by molar-refractivity contribution is 6.58. The fraction of sp³-hybridized carbons (Fsp3) is 1.00. The van der Waals surface area contributed by atoms with Gasteiger partial charge in [-0.15, -0.1) is 17.4 Å². The highest BCUT2D eigenvalue weighted by Gasteiger charge is 2.20. The first-order valence-electron chi connectivity index (χ1n) is 7.65. The Labute approximate surface area is 120 Å². The van der Waals surface area contributed by atoms with E-state index in [0.29, 0.717) is 0 Å². The second-order valence-electron chi connectivity index (χ2n) is 7.49. The van der Waals surface area contributed by atoms with E-state index in [2.05, 4.69) is 58.9 Å². The van der Waals surface area contributed by atoms with Gasteiger partial charge in [-0.3, -0.25) is 0 Å². The molecule has 0 bridgehead atoms. The predicted octanol–water partition coefficient (Wildman–Crippen LogP) is 5.82. The maximum atomic E-state index is 2.38. The minimum Gasteiger partial charge on any atom is -0.106 e. The minimum atomic E-state index is -0.407. The zero-order valence-electron chi connectivity index (χ0n) is 14.0. The Hall–Kier alpha value is 1.06. The molecule has 0 atom stereocenters. The SMILES string of the molecule is CC(C)[CH2][Al]([CH2]C(C)C)[CH2]C(C)C.[CH3][Al]([CH3])[CH3]. The predicted molar refractivity (Wildman–Crippen MR) is 88.0 cm³/mol. The summed E-state index contributed by atoms with van der Waals surface area (Å²) in [5, 5.41) is 4.66. The van der Waals surface area contributed by atoms with Gasteiger partial charge >= 0.3 is 0 Å². The molecule has 0 unspecified atom stereocenters. The average molecular weight is 270 g/mol. The molecular formula is C15H36Al2. The van der Waals surface area contributed by atoms with Crippen molar-refractivity contribution < 1.29 is 0 Å². The molecule has 0 aromatic rings. The fourth-order valence-electron chi connectivity index (χ4n) is 2.29. The van der Waals surface area contributed by atoms with Gasteiger partial charge in [-0.2, -0.15) is 0 Å². The molecule has 0 saturated heterocycles. The fourth-order valence-corrected chi connectivity index (χ4v) is 6.87. The van der Waals surface area contributed by atoms with Gasteiger partial charge < -0.3 is 0 Å². The topological polar surface area (TPSA) is 0 Å². The monoisotopic (exact) mass is 270 g/mol. The van der Waals surface area contributed by atoms with E-state index in [1.165, 1.54) is 0 Å². The smallest absolute Gasteiger partial charge is 0.106 e. The molecule has 0 aliphatic heterocycles. The molecule has 0 nitrogen and oxygen atoms in total. The molecule has 0 aromatic heterocycles. The van der Waals surface area contributed by atoms with Crippen LogP contribution in [-0.4, -0.2) is 28.3 Å². The summed E-state index contributed by atoms with van der Waals surface area (Å²) in [5.74, 6) is 9.69. The molecule has 0 amide bonds. The molecule has 0 N–H and O–H groups in total. The number of rotatable bonds is 6. The molecule has 2 heteroatoms. The first kappa shape index (κ1) is 20.4. The average Bonchev–Trinajstić information content (AvgIpc) is 1.96.